The molecule has 0 heterocycles. The molecule has 0 bridgehead atoms. The highest BCUT2D eigenvalue weighted by molar-refractivity contribution is 5.97. The standard InChI is InChI=1S/C33H45N3O3/c1-4-7-22-36(29-15-11-16-31(25-29)38-23-12-21-35(5-2)6-3)33(37)32(34)24-27-17-19-30(20-18-27)39-26-28-13-9-8-10-14-28/h8-11,13-20,25,32H,4-7,12,21-24,26,34H2,1-3H3/t32-/m1/s1. The number of amides is 1. The van der Waals surface area contributed by atoms with Gasteiger partial charge in [0.15, 0.2) is 0 Å². The monoisotopic (exact) mass is 531 g/mol. The van der Waals surface area contributed by atoms with Crippen LogP contribution in [0.5, 0.6) is 11.5 Å². The summed E-state index contributed by atoms with van der Waals surface area (Å²) in [6.07, 6.45) is 3.32. The predicted octanol–water partition coefficient (Wildman–Crippen LogP) is 6.08. The topological polar surface area (TPSA) is 68.0 Å². The van der Waals surface area contributed by atoms with Crippen molar-refractivity contribution in [3.8, 4) is 11.5 Å². The maximum Gasteiger partial charge on any atom is 0.244 e. The summed E-state index contributed by atoms with van der Waals surface area (Å²) in [5, 5.41) is 0. The second-order valence-corrected chi connectivity index (χ2v) is 9.80. The Kier molecular flexibility index (Phi) is 12.8. The van der Waals surface area contributed by atoms with E-state index in [0.717, 1.165) is 67.2 Å². The highest BCUT2D eigenvalue weighted by Crippen LogP contribution is 2.23. The summed E-state index contributed by atoms with van der Waals surface area (Å²) in [4.78, 5) is 17.7. The number of anilines is 1. The Morgan fingerprint density at radius 3 is 2.23 bits per heavy atom. The number of rotatable bonds is 17. The van der Waals surface area contributed by atoms with Crippen LogP contribution >= 0.6 is 0 Å². The Morgan fingerprint density at radius 1 is 0.795 bits per heavy atom. The molecule has 3 aromatic carbocycles. The van der Waals surface area contributed by atoms with Crippen LogP contribution in [-0.4, -0.2) is 49.6 Å². The molecule has 1 atom stereocenters. The highest BCUT2D eigenvalue weighted by atomic mass is 16.5. The zero-order chi connectivity index (χ0) is 27.9. The Bertz CT molecular complexity index is 1100. The second-order valence-electron chi connectivity index (χ2n) is 9.80. The minimum absolute atomic E-state index is 0.0773. The minimum atomic E-state index is -0.642. The molecule has 1 amide bonds. The molecule has 3 rings (SSSR count). The third-order valence-electron chi connectivity index (χ3n) is 6.86. The van der Waals surface area contributed by atoms with Crippen molar-refractivity contribution in [3.05, 3.63) is 90.0 Å². The van der Waals surface area contributed by atoms with Crippen molar-refractivity contribution in [3.63, 3.8) is 0 Å². The van der Waals surface area contributed by atoms with Gasteiger partial charge in [0.05, 0.1) is 12.6 Å². The van der Waals surface area contributed by atoms with Gasteiger partial charge < -0.3 is 25.0 Å². The fourth-order valence-corrected chi connectivity index (χ4v) is 4.45. The number of carbonyl (C=O) groups is 1. The van der Waals surface area contributed by atoms with Gasteiger partial charge >= 0.3 is 0 Å². The van der Waals surface area contributed by atoms with E-state index in [1.165, 1.54) is 0 Å². The lowest BCUT2D eigenvalue weighted by molar-refractivity contribution is -0.119. The number of nitrogens with zero attached hydrogens (tertiary/aromatic N) is 2. The van der Waals surface area contributed by atoms with E-state index in [9.17, 15) is 4.79 Å². The lowest BCUT2D eigenvalue weighted by Gasteiger charge is -2.26. The van der Waals surface area contributed by atoms with Crippen LogP contribution in [0.15, 0.2) is 78.9 Å². The number of hydrogen-bond acceptors (Lipinski definition) is 5. The molecule has 0 radical (unpaired) electrons. The zero-order valence-corrected chi connectivity index (χ0v) is 23.9. The molecular weight excluding hydrogens is 486 g/mol. The van der Waals surface area contributed by atoms with Crippen LogP contribution in [0, 0.1) is 0 Å². The molecule has 3 aromatic rings. The van der Waals surface area contributed by atoms with Crippen molar-refractivity contribution in [2.45, 2.75) is 59.1 Å². The molecular formula is C33H45N3O3. The van der Waals surface area contributed by atoms with Gasteiger partial charge in [-0.15, -0.1) is 0 Å². The lowest BCUT2D eigenvalue weighted by atomic mass is 10.0. The van der Waals surface area contributed by atoms with Crippen molar-refractivity contribution in [2.24, 2.45) is 5.73 Å². The first-order valence-corrected chi connectivity index (χ1v) is 14.3. The first kappa shape index (κ1) is 30.2. The van der Waals surface area contributed by atoms with Crippen molar-refractivity contribution >= 4 is 11.6 Å². The summed E-state index contributed by atoms with van der Waals surface area (Å²) in [6.45, 7) is 11.4. The van der Waals surface area contributed by atoms with Crippen LogP contribution in [0.2, 0.25) is 0 Å². The average molecular weight is 532 g/mol. The van der Waals surface area contributed by atoms with Crippen LogP contribution in [0.3, 0.4) is 0 Å². The highest BCUT2D eigenvalue weighted by Gasteiger charge is 2.23. The van der Waals surface area contributed by atoms with Crippen LogP contribution in [0.1, 0.15) is 51.2 Å². The fraction of sp³-hybridized carbons (Fsp3) is 0.424. The molecule has 0 saturated carbocycles. The summed E-state index contributed by atoms with van der Waals surface area (Å²) < 4.78 is 11.9. The maximum absolute atomic E-state index is 13.5. The van der Waals surface area contributed by atoms with Crippen LogP contribution in [0.25, 0.3) is 0 Å². The van der Waals surface area contributed by atoms with Gasteiger partial charge in [0.1, 0.15) is 18.1 Å². The fourth-order valence-electron chi connectivity index (χ4n) is 4.45. The maximum atomic E-state index is 13.5. The molecule has 0 fully saturated rings. The quantitative estimate of drug-likeness (QED) is 0.214. The van der Waals surface area contributed by atoms with Gasteiger partial charge in [-0.3, -0.25) is 4.79 Å². The molecule has 6 heteroatoms. The molecule has 0 aliphatic rings. The third-order valence-corrected chi connectivity index (χ3v) is 6.86. The number of benzene rings is 3. The molecule has 0 spiro atoms. The van der Waals surface area contributed by atoms with Gasteiger partial charge in [-0.1, -0.05) is 75.7 Å². The first-order valence-electron chi connectivity index (χ1n) is 14.3. The number of carbonyl (C=O) groups excluding carboxylic acids is 1. The predicted molar refractivity (Wildman–Crippen MR) is 160 cm³/mol. The molecule has 210 valence electrons. The number of hydrogen-bond donors (Lipinski definition) is 1. The van der Waals surface area contributed by atoms with Gasteiger partial charge in [-0.25, -0.2) is 0 Å². The van der Waals surface area contributed by atoms with Crippen molar-refractivity contribution in [1.82, 2.24) is 4.90 Å². The number of unbranched alkanes of at least 4 members (excludes halogenated alkanes) is 1. The minimum Gasteiger partial charge on any atom is -0.493 e. The molecule has 0 saturated heterocycles. The Morgan fingerprint density at radius 2 is 1.54 bits per heavy atom. The van der Waals surface area contributed by atoms with E-state index >= 15 is 0 Å². The SMILES string of the molecule is CCCCN(C(=O)[C@H](N)Cc1ccc(OCc2ccccc2)cc1)c1cccc(OCCCN(CC)CC)c1. The number of ether oxygens (including phenoxy) is 2. The van der Waals surface area contributed by atoms with Gasteiger partial charge in [-0.2, -0.15) is 0 Å². The van der Waals surface area contributed by atoms with Crippen molar-refractivity contribution in [2.75, 3.05) is 37.7 Å². The van der Waals surface area contributed by atoms with E-state index < -0.39 is 6.04 Å². The van der Waals surface area contributed by atoms with Crippen LogP contribution in [0.4, 0.5) is 5.69 Å². The smallest absolute Gasteiger partial charge is 0.244 e. The molecule has 0 aliphatic carbocycles. The van der Waals surface area contributed by atoms with Crippen LogP contribution in [-0.2, 0) is 17.8 Å². The summed E-state index contributed by atoms with van der Waals surface area (Å²) in [5.41, 5.74) is 9.42. The lowest BCUT2D eigenvalue weighted by Crippen LogP contribution is -2.45. The zero-order valence-electron chi connectivity index (χ0n) is 23.9. The first-order chi connectivity index (χ1) is 19.0. The average Bonchev–Trinajstić information content (AvgIpc) is 2.97. The molecule has 0 aliphatic heterocycles. The van der Waals surface area contributed by atoms with Gasteiger partial charge in [0, 0.05) is 24.8 Å². The Balaban J connectivity index is 1.58. The van der Waals surface area contributed by atoms with E-state index in [1.54, 1.807) is 0 Å². The summed E-state index contributed by atoms with van der Waals surface area (Å²) in [7, 11) is 0. The van der Waals surface area contributed by atoms with E-state index in [0.29, 0.717) is 26.2 Å². The third kappa shape index (κ3) is 10.0. The normalized spacial score (nSPS) is 11.8. The van der Waals surface area contributed by atoms with E-state index in [1.807, 2.05) is 83.8 Å². The molecule has 0 unspecified atom stereocenters. The number of nitrogens with two attached hydrogens (primary N) is 1. The van der Waals surface area contributed by atoms with Gasteiger partial charge in [0.2, 0.25) is 5.91 Å². The molecule has 6 nitrogen and oxygen atoms in total. The van der Waals surface area contributed by atoms with E-state index in [4.69, 9.17) is 15.2 Å². The summed E-state index contributed by atoms with van der Waals surface area (Å²) in [5.74, 6) is 1.49. The Hall–Kier alpha value is -3.35. The van der Waals surface area contributed by atoms with Gasteiger partial charge in [0.25, 0.3) is 0 Å². The van der Waals surface area contributed by atoms with Crippen molar-refractivity contribution in [1.29, 1.82) is 0 Å². The Labute approximate surface area is 234 Å². The summed E-state index contributed by atoms with van der Waals surface area (Å²) >= 11 is 0. The summed E-state index contributed by atoms with van der Waals surface area (Å²) in [6, 6.07) is 25.1. The van der Waals surface area contributed by atoms with E-state index in [-0.39, 0.29) is 5.91 Å². The van der Waals surface area contributed by atoms with Crippen LogP contribution < -0.4 is 20.1 Å². The molecule has 0 aromatic heterocycles. The van der Waals surface area contributed by atoms with Crippen molar-refractivity contribution < 1.29 is 14.3 Å². The van der Waals surface area contributed by atoms with Gasteiger partial charge in [-0.05, 0) is 67.7 Å². The largest absolute Gasteiger partial charge is 0.493 e. The molecule has 39 heavy (non-hydrogen) atoms. The second kappa shape index (κ2) is 16.6. The molecule has 2 N–H and O–H groups in total. The van der Waals surface area contributed by atoms with E-state index in [2.05, 4.69) is 25.7 Å².